The van der Waals surface area contributed by atoms with E-state index in [1.165, 1.54) is 6.07 Å². The predicted octanol–water partition coefficient (Wildman–Crippen LogP) is 3.66. The largest absolute Gasteiger partial charge is 0.342 e. The predicted molar refractivity (Wildman–Crippen MR) is 120 cm³/mol. The van der Waals surface area contributed by atoms with E-state index in [2.05, 4.69) is 10.1 Å². The fraction of sp³-hybridized carbons (Fsp3) is 0.417. The molecule has 3 aromatic rings. The monoisotopic (exact) mass is 437 g/mol. The Kier molecular flexibility index (Phi) is 5.27. The van der Waals surface area contributed by atoms with Crippen molar-refractivity contribution in [1.82, 2.24) is 24.4 Å². The van der Waals surface area contributed by atoms with E-state index in [1.54, 1.807) is 60.5 Å². The lowest BCUT2D eigenvalue weighted by Crippen LogP contribution is -2.63. The van der Waals surface area contributed by atoms with Crippen molar-refractivity contribution in [2.24, 2.45) is 0 Å². The number of rotatable bonds is 3. The first-order valence-corrected chi connectivity index (χ1v) is 10.7. The quantitative estimate of drug-likeness (QED) is 0.627. The van der Waals surface area contributed by atoms with Crippen LogP contribution in [-0.2, 0) is 4.79 Å². The molecule has 168 valence electrons. The van der Waals surface area contributed by atoms with Crippen LogP contribution in [0.1, 0.15) is 55.2 Å². The zero-order valence-corrected chi connectivity index (χ0v) is 19.3. The first kappa shape index (κ1) is 21.9. The number of benzene rings is 1. The SMILES string of the molecule is Cc1cc(-c2cc(C(C)C)c3nc(C(=O)N4CCN(C)C(=O)C4(C)C)cn3n2)ccc1F. The van der Waals surface area contributed by atoms with E-state index in [9.17, 15) is 14.0 Å². The van der Waals surface area contributed by atoms with Crippen molar-refractivity contribution >= 4 is 17.5 Å². The Bertz CT molecular complexity index is 1230. The van der Waals surface area contributed by atoms with Gasteiger partial charge in [0.15, 0.2) is 5.65 Å². The number of aryl methyl sites for hydroxylation is 1. The molecule has 1 saturated heterocycles. The molecule has 32 heavy (non-hydrogen) atoms. The van der Waals surface area contributed by atoms with E-state index in [-0.39, 0.29) is 29.2 Å². The van der Waals surface area contributed by atoms with E-state index in [0.717, 1.165) is 11.1 Å². The molecule has 2 amide bonds. The second kappa shape index (κ2) is 7.69. The Morgan fingerprint density at radius 2 is 1.91 bits per heavy atom. The first-order chi connectivity index (χ1) is 15.0. The molecule has 0 unspecified atom stereocenters. The molecule has 8 heteroatoms. The third kappa shape index (κ3) is 3.53. The number of amides is 2. The minimum absolute atomic E-state index is 0.101. The summed E-state index contributed by atoms with van der Waals surface area (Å²) in [6.07, 6.45) is 1.61. The average molecular weight is 438 g/mol. The number of imidazole rings is 1. The summed E-state index contributed by atoms with van der Waals surface area (Å²) in [6.45, 7) is 10.2. The molecule has 0 spiro atoms. The van der Waals surface area contributed by atoms with E-state index in [1.807, 2.05) is 19.9 Å². The van der Waals surface area contributed by atoms with E-state index < -0.39 is 5.54 Å². The molecule has 1 fully saturated rings. The molecule has 0 N–H and O–H groups in total. The molecule has 2 aromatic heterocycles. The van der Waals surface area contributed by atoms with Crippen molar-refractivity contribution < 1.29 is 14.0 Å². The molecule has 1 aromatic carbocycles. The van der Waals surface area contributed by atoms with Gasteiger partial charge in [0.25, 0.3) is 5.91 Å². The van der Waals surface area contributed by atoms with Crippen LogP contribution in [0.5, 0.6) is 0 Å². The van der Waals surface area contributed by atoms with Crippen molar-refractivity contribution in [3.63, 3.8) is 0 Å². The van der Waals surface area contributed by atoms with Crippen LogP contribution in [0.15, 0.2) is 30.5 Å². The highest BCUT2D eigenvalue weighted by molar-refractivity contribution is 5.98. The van der Waals surface area contributed by atoms with Gasteiger partial charge in [-0.15, -0.1) is 0 Å². The third-order valence-electron chi connectivity index (χ3n) is 6.20. The van der Waals surface area contributed by atoms with E-state index in [4.69, 9.17) is 0 Å². The lowest BCUT2D eigenvalue weighted by Gasteiger charge is -2.44. The first-order valence-electron chi connectivity index (χ1n) is 10.7. The molecule has 0 atom stereocenters. The lowest BCUT2D eigenvalue weighted by molar-refractivity contribution is -0.144. The van der Waals surface area contributed by atoms with Gasteiger partial charge in [-0.3, -0.25) is 9.59 Å². The summed E-state index contributed by atoms with van der Waals surface area (Å²) in [5, 5.41) is 4.66. The van der Waals surface area contributed by atoms with Crippen LogP contribution in [0, 0.1) is 12.7 Å². The highest BCUT2D eigenvalue weighted by Gasteiger charge is 2.43. The smallest absolute Gasteiger partial charge is 0.275 e. The Morgan fingerprint density at radius 1 is 1.19 bits per heavy atom. The number of hydrogen-bond acceptors (Lipinski definition) is 4. The van der Waals surface area contributed by atoms with Crippen molar-refractivity contribution in [2.75, 3.05) is 20.1 Å². The van der Waals surface area contributed by atoms with Gasteiger partial charge < -0.3 is 9.80 Å². The second-order valence-electron chi connectivity index (χ2n) is 9.24. The molecule has 0 radical (unpaired) electrons. The molecule has 0 bridgehead atoms. The van der Waals surface area contributed by atoms with Crippen LogP contribution in [-0.4, -0.2) is 61.9 Å². The highest BCUT2D eigenvalue weighted by Crippen LogP contribution is 2.28. The molecule has 1 aliphatic heterocycles. The molecule has 0 aliphatic carbocycles. The molecule has 3 heterocycles. The lowest BCUT2D eigenvalue weighted by atomic mass is 9.97. The topological polar surface area (TPSA) is 70.8 Å². The third-order valence-corrected chi connectivity index (χ3v) is 6.20. The van der Waals surface area contributed by atoms with Gasteiger partial charge in [-0.1, -0.05) is 13.8 Å². The number of likely N-dealkylation sites (N-methyl/N-ethyl adjacent to an activating group) is 1. The minimum atomic E-state index is -0.953. The van der Waals surface area contributed by atoms with Gasteiger partial charge in [-0.2, -0.15) is 5.10 Å². The highest BCUT2D eigenvalue weighted by atomic mass is 19.1. The molecular formula is C24H28FN5O2. The van der Waals surface area contributed by atoms with Crippen LogP contribution in [0.3, 0.4) is 0 Å². The van der Waals surface area contributed by atoms with Crippen molar-refractivity contribution in [3.05, 3.63) is 53.1 Å². The Hall–Kier alpha value is -3.29. The van der Waals surface area contributed by atoms with E-state index >= 15 is 0 Å². The minimum Gasteiger partial charge on any atom is -0.342 e. The second-order valence-corrected chi connectivity index (χ2v) is 9.24. The van der Waals surface area contributed by atoms with Gasteiger partial charge in [-0.05, 0) is 56.5 Å². The Labute approximate surface area is 186 Å². The number of carbonyl (C=O) groups excluding carboxylic acids is 2. The molecule has 0 saturated carbocycles. The van der Waals surface area contributed by atoms with Crippen molar-refractivity contribution in [2.45, 2.75) is 46.1 Å². The standard InChI is InChI=1S/C24H28FN5O2/c1-14(2)17-12-19(16-7-8-18(25)15(3)11-16)27-30-13-20(26-21(17)30)22(31)29-10-9-28(6)23(32)24(29,4)5/h7-8,11-14H,9-10H2,1-6H3. The maximum atomic E-state index is 13.8. The number of hydrogen-bond donors (Lipinski definition) is 0. The number of piperazine rings is 1. The summed E-state index contributed by atoms with van der Waals surface area (Å²) in [6, 6.07) is 6.83. The summed E-state index contributed by atoms with van der Waals surface area (Å²) >= 11 is 0. The molecule has 1 aliphatic rings. The van der Waals surface area contributed by atoms with Gasteiger partial charge in [-0.25, -0.2) is 13.9 Å². The Morgan fingerprint density at radius 3 is 2.56 bits per heavy atom. The number of fused-ring (bicyclic) bond motifs is 1. The maximum Gasteiger partial charge on any atom is 0.275 e. The number of aromatic nitrogens is 3. The van der Waals surface area contributed by atoms with Gasteiger partial charge in [0.1, 0.15) is 17.1 Å². The van der Waals surface area contributed by atoms with Gasteiger partial charge in [0.2, 0.25) is 5.91 Å². The van der Waals surface area contributed by atoms with E-state index in [0.29, 0.717) is 30.0 Å². The summed E-state index contributed by atoms with van der Waals surface area (Å²) in [4.78, 5) is 33.8. The van der Waals surface area contributed by atoms with Crippen molar-refractivity contribution in [3.8, 4) is 11.3 Å². The normalized spacial score (nSPS) is 16.3. The van der Waals surface area contributed by atoms with Gasteiger partial charge >= 0.3 is 0 Å². The number of nitrogens with zero attached hydrogens (tertiary/aromatic N) is 5. The van der Waals surface area contributed by atoms with Crippen LogP contribution < -0.4 is 0 Å². The Balaban J connectivity index is 1.79. The average Bonchev–Trinajstić information content (AvgIpc) is 3.17. The maximum absolute atomic E-state index is 13.8. The molecule has 4 rings (SSSR count). The fourth-order valence-electron chi connectivity index (χ4n) is 4.18. The molecular weight excluding hydrogens is 409 g/mol. The summed E-state index contributed by atoms with van der Waals surface area (Å²) in [5.41, 5.74) is 2.84. The zero-order valence-electron chi connectivity index (χ0n) is 19.3. The zero-order chi connectivity index (χ0) is 23.4. The van der Waals surface area contributed by atoms with Crippen molar-refractivity contribution in [1.29, 1.82) is 0 Å². The summed E-state index contributed by atoms with van der Waals surface area (Å²) in [5.74, 6) is -0.529. The van der Waals surface area contributed by atoms with Crippen LogP contribution in [0.2, 0.25) is 0 Å². The summed E-state index contributed by atoms with van der Waals surface area (Å²) < 4.78 is 15.4. The van der Waals surface area contributed by atoms with Gasteiger partial charge in [0, 0.05) is 31.3 Å². The van der Waals surface area contributed by atoms with Crippen LogP contribution in [0.25, 0.3) is 16.9 Å². The molecule has 7 nitrogen and oxygen atoms in total. The summed E-state index contributed by atoms with van der Waals surface area (Å²) in [7, 11) is 1.74. The fourth-order valence-corrected chi connectivity index (χ4v) is 4.18. The van der Waals surface area contributed by atoms with Crippen LogP contribution >= 0.6 is 0 Å². The number of carbonyl (C=O) groups is 2. The van der Waals surface area contributed by atoms with Crippen LogP contribution in [0.4, 0.5) is 4.39 Å². The van der Waals surface area contributed by atoms with Gasteiger partial charge in [0.05, 0.1) is 11.9 Å². The number of halogens is 1.